The number of Topliss-reactive ketones (excluding diaryl/α,β-unsaturated/α-hetero) is 2. The summed E-state index contributed by atoms with van der Waals surface area (Å²) in [6.07, 6.45) is -6.08. The Labute approximate surface area is 270 Å². The minimum Gasteiger partial charge on any atom is -0.458 e. The van der Waals surface area contributed by atoms with E-state index in [0.29, 0.717) is 24.8 Å². The van der Waals surface area contributed by atoms with Crippen LogP contribution in [-0.2, 0) is 19.1 Å². The summed E-state index contributed by atoms with van der Waals surface area (Å²) >= 11 is 0. The van der Waals surface area contributed by atoms with Crippen LogP contribution >= 0.6 is 0 Å². The Morgan fingerprint density at radius 2 is 1.78 bits per heavy atom. The van der Waals surface area contributed by atoms with Crippen molar-refractivity contribution in [3.05, 3.63) is 35.1 Å². The van der Waals surface area contributed by atoms with Crippen LogP contribution in [0.3, 0.4) is 0 Å². The third-order valence-corrected chi connectivity index (χ3v) is 13.0. The summed E-state index contributed by atoms with van der Waals surface area (Å²) in [5.41, 5.74) is -1.96. The minimum absolute atomic E-state index is 0.0508. The highest BCUT2D eigenvalue weighted by atomic mass is 16.7. The fraction of sp³-hybridized carbons (Fsp3) is 0.771. The van der Waals surface area contributed by atoms with Gasteiger partial charge >= 0.3 is 0 Å². The Balaban J connectivity index is 1.48. The molecule has 7 N–H and O–H groups in total. The predicted octanol–water partition coefficient (Wildman–Crippen LogP) is 1.45. The Hall–Kier alpha value is -1.96. The number of aliphatic hydroxyl groups is 7. The largest absolute Gasteiger partial charge is 0.458 e. The van der Waals surface area contributed by atoms with Crippen molar-refractivity contribution in [1.29, 1.82) is 0 Å². The summed E-state index contributed by atoms with van der Waals surface area (Å²) in [6.45, 7) is 14.3. The highest BCUT2D eigenvalue weighted by molar-refractivity contribution is 5.99. The van der Waals surface area contributed by atoms with Gasteiger partial charge in [-0.15, -0.1) is 6.58 Å². The Morgan fingerprint density at radius 1 is 1.13 bits per heavy atom. The lowest BCUT2D eigenvalue weighted by molar-refractivity contribution is -0.291. The molecule has 1 aliphatic heterocycles. The summed E-state index contributed by atoms with van der Waals surface area (Å²) in [5.74, 6) is -2.04. The van der Waals surface area contributed by atoms with Gasteiger partial charge in [0.2, 0.25) is 6.29 Å². The van der Waals surface area contributed by atoms with Gasteiger partial charge in [0.25, 0.3) is 0 Å². The first kappa shape index (κ1) is 35.3. The van der Waals surface area contributed by atoms with Crippen molar-refractivity contribution in [2.75, 3.05) is 6.61 Å². The Kier molecular flexibility index (Phi) is 9.12. The smallest absolute Gasteiger partial charge is 0.229 e. The van der Waals surface area contributed by atoms with Gasteiger partial charge in [-0.1, -0.05) is 32.4 Å². The van der Waals surface area contributed by atoms with Crippen molar-refractivity contribution in [3.63, 3.8) is 0 Å². The number of ketones is 2. The van der Waals surface area contributed by atoms with Crippen molar-refractivity contribution in [3.8, 4) is 0 Å². The fourth-order valence-corrected chi connectivity index (χ4v) is 10.2. The van der Waals surface area contributed by atoms with Gasteiger partial charge < -0.3 is 45.2 Å². The summed E-state index contributed by atoms with van der Waals surface area (Å²) in [7, 11) is 0. The van der Waals surface area contributed by atoms with Crippen LogP contribution in [0.2, 0.25) is 0 Å². The maximum absolute atomic E-state index is 14.5. The summed E-state index contributed by atoms with van der Waals surface area (Å²) in [5, 5.41) is 75.0. The van der Waals surface area contributed by atoms with Gasteiger partial charge in [0.1, 0.15) is 30.2 Å². The highest BCUT2D eigenvalue weighted by Crippen LogP contribution is 2.73. The van der Waals surface area contributed by atoms with Crippen LogP contribution in [0.1, 0.15) is 80.1 Å². The molecule has 3 unspecified atom stereocenters. The monoisotopic (exact) mass is 648 g/mol. The van der Waals surface area contributed by atoms with E-state index < -0.39 is 89.0 Å². The first-order chi connectivity index (χ1) is 21.3. The minimum atomic E-state index is -1.68. The summed E-state index contributed by atoms with van der Waals surface area (Å²) in [4.78, 5) is 28.2. The van der Waals surface area contributed by atoms with Crippen LogP contribution in [0.5, 0.6) is 0 Å². The summed E-state index contributed by atoms with van der Waals surface area (Å²) < 4.78 is 11.3. The zero-order valence-electron chi connectivity index (χ0n) is 27.8. The van der Waals surface area contributed by atoms with E-state index in [-0.39, 0.29) is 36.7 Å². The maximum atomic E-state index is 14.5. The number of ether oxygens (including phenoxy) is 2. The molecule has 258 valence electrons. The van der Waals surface area contributed by atoms with Crippen LogP contribution in [0, 0.1) is 34.0 Å². The number of hydrogen-bond acceptors (Lipinski definition) is 11. The number of carbonyl (C=O) groups excluding carboxylic acids is 2. The SMILES string of the molecule is C=C(C)CCC(O)[C@](C)(O)C1[C@H](O)C[C@@]2(C)[C@@H]3CC=C4C(C)=C(OC5O[C@H](CO)[C@@H](O)[C@H](O)[C@H]5O)C(=O)C[C@H]4[C@]3(C)C(=O)C[C@]12C. The van der Waals surface area contributed by atoms with Crippen molar-refractivity contribution >= 4 is 11.6 Å². The van der Waals surface area contributed by atoms with Crippen molar-refractivity contribution in [1.82, 2.24) is 0 Å². The molecule has 14 atom stereocenters. The number of aliphatic hydroxyl groups excluding tert-OH is 6. The number of carbonyl (C=O) groups is 2. The average Bonchev–Trinajstić information content (AvgIpc) is 3.18. The molecule has 0 aromatic rings. The van der Waals surface area contributed by atoms with Gasteiger partial charge in [-0.25, -0.2) is 0 Å². The second-order valence-corrected chi connectivity index (χ2v) is 15.6. The molecule has 1 heterocycles. The quantitative estimate of drug-likeness (QED) is 0.188. The molecule has 11 nitrogen and oxygen atoms in total. The van der Waals surface area contributed by atoms with Crippen LogP contribution in [0.15, 0.2) is 35.1 Å². The zero-order chi connectivity index (χ0) is 34.3. The predicted molar refractivity (Wildman–Crippen MR) is 166 cm³/mol. The van der Waals surface area contributed by atoms with E-state index >= 15 is 0 Å². The van der Waals surface area contributed by atoms with Crippen molar-refractivity contribution in [2.45, 2.75) is 129 Å². The van der Waals surface area contributed by atoms with Gasteiger partial charge in [-0.3, -0.25) is 9.59 Å². The van der Waals surface area contributed by atoms with Gasteiger partial charge in [-0.2, -0.15) is 0 Å². The lowest BCUT2D eigenvalue weighted by Gasteiger charge is -2.63. The summed E-state index contributed by atoms with van der Waals surface area (Å²) in [6, 6.07) is 0. The molecule has 5 aliphatic rings. The lowest BCUT2D eigenvalue weighted by atomic mass is 9.39. The standard InChI is InChI=1S/C35H52O11/c1-16(2)8-11-24(39)35(7,44)30-21(38)13-32(4)23-10-9-18-17(3)29(46-31-28(43)27(42)26(41)22(15-36)45-31)20(37)12-19(18)34(23,6)25(40)14-33(30,32)5/h9,19,21-24,26-28,30-31,36,38-39,41-44H,1,8,10-15H2,2-7H3/t19-,21-,22-,23+,24?,26-,27+,28-,30?,31?,32+,33-,34+,35+/m1/s1. The van der Waals surface area contributed by atoms with Crippen LogP contribution in [0.25, 0.3) is 0 Å². The molecule has 11 heteroatoms. The van der Waals surface area contributed by atoms with E-state index in [0.717, 1.165) is 11.1 Å². The first-order valence-electron chi connectivity index (χ1n) is 16.4. The fourth-order valence-electron chi connectivity index (χ4n) is 10.2. The van der Waals surface area contributed by atoms with Crippen LogP contribution in [0.4, 0.5) is 0 Å². The molecule has 46 heavy (non-hydrogen) atoms. The van der Waals surface area contributed by atoms with Crippen LogP contribution in [-0.4, -0.2) is 102 Å². The number of allylic oxidation sites excluding steroid dienone is 5. The molecule has 0 bridgehead atoms. The molecule has 1 saturated heterocycles. The van der Waals surface area contributed by atoms with E-state index in [9.17, 15) is 45.3 Å². The normalized spacial score (nSPS) is 46.1. The lowest BCUT2D eigenvalue weighted by Crippen LogP contribution is -2.64. The molecule has 2 saturated carbocycles. The molecule has 4 aliphatic carbocycles. The molecule has 3 fully saturated rings. The Bertz CT molecular complexity index is 1330. The van der Waals surface area contributed by atoms with Gasteiger partial charge in [0.05, 0.1) is 24.4 Å². The van der Waals surface area contributed by atoms with Gasteiger partial charge in [0.15, 0.2) is 11.5 Å². The molecule has 0 radical (unpaired) electrons. The second kappa shape index (κ2) is 11.9. The first-order valence-corrected chi connectivity index (χ1v) is 16.4. The van der Waals surface area contributed by atoms with Gasteiger partial charge in [0, 0.05) is 30.1 Å². The highest BCUT2D eigenvalue weighted by Gasteiger charge is 2.74. The Morgan fingerprint density at radius 3 is 2.39 bits per heavy atom. The molecule has 5 rings (SSSR count). The third-order valence-electron chi connectivity index (χ3n) is 13.0. The molecule has 0 spiro atoms. The molecule has 0 aromatic carbocycles. The van der Waals surface area contributed by atoms with E-state index in [2.05, 4.69) is 13.5 Å². The zero-order valence-corrected chi connectivity index (χ0v) is 27.8. The number of hydrogen-bond donors (Lipinski definition) is 7. The van der Waals surface area contributed by atoms with E-state index in [4.69, 9.17) is 9.47 Å². The third kappa shape index (κ3) is 5.00. The number of fused-ring (bicyclic) bond motifs is 5. The van der Waals surface area contributed by atoms with Crippen molar-refractivity contribution < 1.29 is 54.8 Å². The average molecular weight is 649 g/mol. The van der Waals surface area contributed by atoms with E-state index in [1.165, 1.54) is 0 Å². The maximum Gasteiger partial charge on any atom is 0.229 e. The van der Waals surface area contributed by atoms with E-state index in [1.807, 2.05) is 26.8 Å². The van der Waals surface area contributed by atoms with Crippen LogP contribution < -0.4 is 0 Å². The molecule has 0 aromatic heterocycles. The topological polar surface area (TPSA) is 194 Å². The molecular weight excluding hydrogens is 596 g/mol. The molecule has 0 amide bonds. The number of rotatable bonds is 8. The molecular formula is C35H52O11. The second-order valence-electron chi connectivity index (χ2n) is 15.6. The van der Waals surface area contributed by atoms with Crippen molar-refractivity contribution in [2.24, 2.45) is 34.0 Å². The van der Waals surface area contributed by atoms with E-state index in [1.54, 1.807) is 13.8 Å². The van der Waals surface area contributed by atoms with Gasteiger partial charge in [-0.05, 0) is 74.3 Å².